The summed E-state index contributed by atoms with van der Waals surface area (Å²) in [4.78, 5) is 0. The number of aromatic amines is 1. The fourth-order valence-corrected chi connectivity index (χ4v) is 1.94. The van der Waals surface area contributed by atoms with E-state index in [1.807, 2.05) is 0 Å². The first-order valence-electron chi connectivity index (χ1n) is 4.64. The second-order valence-corrected chi connectivity index (χ2v) is 4.19. The molecule has 1 aromatic heterocycles. The maximum atomic E-state index is 9.95. The highest BCUT2D eigenvalue weighted by atomic mass is 35.5. The molecule has 16 heavy (non-hydrogen) atoms. The van der Waals surface area contributed by atoms with Crippen molar-refractivity contribution in [3.8, 4) is 0 Å². The van der Waals surface area contributed by atoms with Crippen LogP contribution in [0.25, 0.3) is 0 Å². The first kappa shape index (κ1) is 11.4. The van der Waals surface area contributed by atoms with Gasteiger partial charge in [-0.05, 0) is 17.7 Å². The number of hydrogen-bond acceptors (Lipinski definition) is 3. The zero-order chi connectivity index (χ0) is 11.5. The molecule has 4 nitrogen and oxygen atoms in total. The molecule has 1 atom stereocenters. The van der Waals surface area contributed by atoms with E-state index in [0.717, 1.165) is 0 Å². The van der Waals surface area contributed by atoms with E-state index in [9.17, 15) is 5.11 Å². The highest BCUT2D eigenvalue weighted by Gasteiger charge is 2.13. The lowest BCUT2D eigenvalue weighted by Gasteiger charge is -2.11. The Morgan fingerprint density at radius 1 is 1.38 bits per heavy atom. The Balaban J connectivity index is 2.17. The van der Waals surface area contributed by atoms with Crippen molar-refractivity contribution in [3.63, 3.8) is 0 Å². The lowest BCUT2D eigenvalue weighted by Crippen LogP contribution is -2.03. The second-order valence-electron chi connectivity index (χ2n) is 3.35. The van der Waals surface area contributed by atoms with E-state index in [1.54, 1.807) is 24.4 Å². The smallest absolute Gasteiger partial charge is 0.0861 e. The van der Waals surface area contributed by atoms with E-state index >= 15 is 0 Å². The molecule has 6 heteroatoms. The zero-order valence-corrected chi connectivity index (χ0v) is 9.70. The third-order valence-corrected chi connectivity index (χ3v) is 2.75. The van der Waals surface area contributed by atoms with Crippen LogP contribution in [0, 0.1) is 0 Å². The van der Waals surface area contributed by atoms with Gasteiger partial charge >= 0.3 is 0 Å². The SMILES string of the molecule is OC(Cc1cn[nH]n1)c1ccc(Cl)cc1Cl. The minimum absolute atomic E-state index is 0.359. The molecule has 0 spiro atoms. The zero-order valence-electron chi connectivity index (χ0n) is 8.19. The number of benzene rings is 1. The van der Waals surface area contributed by atoms with E-state index in [-0.39, 0.29) is 0 Å². The molecule has 0 fully saturated rings. The van der Waals surface area contributed by atoms with Crippen molar-refractivity contribution in [1.82, 2.24) is 15.4 Å². The molecule has 1 heterocycles. The predicted octanol–water partition coefficient (Wildman–Crippen LogP) is 2.39. The van der Waals surface area contributed by atoms with Crippen LogP contribution in [-0.4, -0.2) is 20.5 Å². The number of nitrogens with one attached hydrogen (secondary N) is 1. The van der Waals surface area contributed by atoms with Crippen molar-refractivity contribution in [2.24, 2.45) is 0 Å². The van der Waals surface area contributed by atoms with Crippen LogP contribution in [0.4, 0.5) is 0 Å². The highest BCUT2D eigenvalue weighted by Crippen LogP contribution is 2.27. The summed E-state index contributed by atoms with van der Waals surface area (Å²) < 4.78 is 0. The van der Waals surface area contributed by atoms with E-state index in [2.05, 4.69) is 15.4 Å². The molecule has 0 saturated carbocycles. The van der Waals surface area contributed by atoms with Crippen LogP contribution >= 0.6 is 23.2 Å². The van der Waals surface area contributed by atoms with Crippen molar-refractivity contribution in [1.29, 1.82) is 0 Å². The second kappa shape index (κ2) is 4.82. The third-order valence-electron chi connectivity index (χ3n) is 2.19. The van der Waals surface area contributed by atoms with Crippen LogP contribution in [-0.2, 0) is 6.42 Å². The number of aromatic nitrogens is 3. The van der Waals surface area contributed by atoms with E-state index < -0.39 is 6.10 Å². The number of hydrogen-bond donors (Lipinski definition) is 2. The summed E-state index contributed by atoms with van der Waals surface area (Å²) in [6, 6.07) is 4.99. The summed E-state index contributed by atoms with van der Waals surface area (Å²) in [5.41, 5.74) is 1.31. The van der Waals surface area contributed by atoms with Crippen molar-refractivity contribution in [2.75, 3.05) is 0 Å². The molecular formula is C10H9Cl2N3O. The highest BCUT2D eigenvalue weighted by molar-refractivity contribution is 6.35. The van der Waals surface area contributed by atoms with Gasteiger partial charge in [-0.25, -0.2) is 0 Å². The summed E-state index contributed by atoms with van der Waals surface area (Å²) in [7, 11) is 0. The first-order chi connectivity index (χ1) is 7.66. The average molecular weight is 258 g/mol. The number of rotatable bonds is 3. The molecule has 84 valence electrons. The Kier molecular flexibility index (Phi) is 3.43. The van der Waals surface area contributed by atoms with Gasteiger partial charge in [-0.3, -0.25) is 0 Å². The molecule has 2 rings (SSSR count). The molecule has 0 aliphatic heterocycles. The predicted molar refractivity (Wildman–Crippen MR) is 61.5 cm³/mol. The quantitative estimate of drug-likeness (QED) is 0.888. The lowest BCUT2D eigenvalue weighted by atomic mass is 10.1. The van der Waals surface area contributed by atoms with Gasteiger partial charge in [-0.1, -0.05) is 29.3 Å². The monoisotopic (exact) mass is 257 g/mol. The Labute approximate surface area is 102 Å². The Hall–Kier alpha value is -1.10. The summed E-state index contributed by atoms with van der Waals surface area (Å²) in [6.45, 7) is 0. The van der Waals surface area contributed by atoms with Crippen molar-refractivity contribution in [3.05, 3.63) is 45.7 Å². The van der Waals surface area contributed by atoms with Crippen LogP contribution in [0.15, 0.2) is 24.4 Å². The number of aliphatic hydroxyl groups is 1. The van der Waals surface area contributed by atoms with Crippen molar-refractivity contribution < 1.29 is 5.11 Å². The number of nitrogens with zero attached hydrogens (tertiary/aromatic N) is 2. The van der Waals surface area contributed by atoms with Gasteiger partial charge in [0.1, 0.15) is 0 Å². The Morgan fingerprint density at radius 2 is 2.19 bits per heavy atom. The van der Waals surface area contributed by atoms with Gasteiger partial charge in [-0.15, -0.1) is 0 Å². The van der Waals surface area contributed by atoms with Gasteiger partial charge in [-0.2, -0.15) is 15.4 Å². The van der Waals surface area contributed by atoms with E-state index in [1.165, 1.54) is 0 Å². The molecule has 2 N–H and O–H groups in total. The molecular weight excluding hydrogens is 249 g/mol. The Morgan fingerprint density at radius 3 is 2.81 bits per heavy atom. The van der Waals surface area contributed by atoms with E-state index in [4.69, 9.17) is 23.2 Å². The summed E-state index contributed by atoms with van der Waals surface area (Å²) in [5.74, 6) is 0. The first-order valence-corrected chi connectivity index (χ1v) is 5.40. The molecule has 0 aliphatic carbocycles. The molecule has 1 aromatic carbocycles. The maximum Gasteiger partial charge on any atom is 0.0861 e. The van der Waals surface area contributed by atoms with Crippen molar-refractivity contribution >= 4 is 23.2 Å². The van der Waals surface area contributed by atoms with Crippen LogP contribution in [0.2, 0.25) is 10.0 Å². The van der Waals surface area contributed by atoms with Gasteiger partial charge < -0.3 is 5.11 Å². The van der Waals surface area contributed by atoms with Gasteiger partial charge in [0.2, 0.25) is 0 Å². The van der Waals surface area contributed by atoms with Crippen LogP contribution in [0.5, 0.6) is 0 Å². The molecule has 0 saturated heterocycles. The average Bonchev–Trinajstić information content (AvgIpc) is 2.70. The largest absolute Gasteiger partial charge is 0.388 e. The number of halogens is 2. The fourth-order valence-electron chi connectivity index (χ4n) is 1.40. The van der Waals surface area contributed by atoms with Crippen LogP contribution in [0.1, 0.15) is 17.4 Å². The molecule has 1 unspecified atom stereocenters. The van der Waals surface area contributed by atoms with Gasteiger partial charge in [0.15, 0.2) is 0 Å². The van der Waals surface area contributed by atoms with Crippen LogP contribution < -0.4 is 0 Å². The fraction of sp³-hybridized carbons (Fsp3) is 0.200. The normalized spacial score (nSPS) is 12.7. The standard InChI is InChI=1S/C10H9Cl2N3O/c11-6-1-2-8(9(12)3-6)10(16)4-7-5-13-15-14-7/h1-3,5,10,16H,4H2,(H,13,14,15). The summed E-state index contributed by atoms with van der Waals surface area (Å²) in [5, 5.41) is 21.0. The van der Waals surface area contributed by atoms with Gasteiger partial charge in [0.05, 0.1) is 18.0 Å². The summed E-state index contributed by atoms with van der Waals surface area (Å²) >= 11 is 11.7. The molecule has 2 aromatic rings. The molecule has 0 bridgehead atoms. The van der Waals surface area contributed by atoms with Crippen molar-refractivity contribution in [2.45, 2.75) is 12.5 Å². The minimum atomic E-state index is -0.713. The van der Waals surface area contributed by atoms with Gasteiger partial charge in [0.25, 0.3) is 0 Å². The van der Waals surface area contributed by atoms with Gasteiger partial charge in [0, 0.05) is 16.5 Å². The third kappa shape index (κ3) is 2.52. The lowest BCUT2D eigenvalue weighted by molar-refractivity contribution is 0.177. The Bertz CT molecular complexity index is 473. The molecule has 0 aliphatic rings. The maximum absolute atomic E-state index is 9.95. The molecule has 0 amide bonds. The number of aliphatic hydroxyl groups excluding tert-OH is 1. The van der Waals surface area contributed by atoms with Crippen LogP contribution in [0.3, 0.4) is 0 Å². The van der Waals surface area contributed by atoms with E-state index in [0.29, 0.717) is 27.7 Å². The minimum Gasteiger partial charge on any atom is -0.388 e. The topological polar surface area (TPSA) is 61.8 Å². The molecule has 0 radical (unpaired) electrons. The number of H-pyrrole nitrogens is 1. The summed E-state index contributed by atoms with van der Waals surface area (Å²) in [6.07, 6.45) is 1.21.